The molecule has 1 aromatic heterocycles. The molecule has 146 valence electrons. The van der Waals surface area contributed by atoms with Gasteiger partial charge in [0.1, 0.15) is 17.3 Å². The molecule has 0 radical (unpaired) electrons. The second-order valence-corrected chi connectivity index (χ2v) is 6.97. The third-order valence-corrected chi connectivity index (χ3v) is 4.55. The summed E-state index contributed by atoms with van der Waals surface area (Å²) in [6, 6.07) is 19.0. The Kier molecular flexibility index (Phi) is 6.74. The van der Waals surface area contributed by atoms with Crippen LogP contribution in [0.2, 0.25) is 5.02 Å². The number of nitrogens with zero attached hydrogens (tertiary/aromatic N) is 1. The molecule has 0 bridgehead atoms. The highest BCUT2D eigenvalue weighted by atomic mass is 35.5. The topological polar surface area (TPSA) is 54.7 Å². The van der Waals surface area contributed by atoms with Crippen LogP contribution in [0.1, 0.15) is 11.3 Å². The molecule has 6 heteroatoms. The monoisotopic (exact) mass is 398 g/mol. The highest BCUT2D eigenvalue weighted by Crippen LogP contribution is 2.24. The molecular formula is C22H23ClN2O3. The van der Waals surface area contributed by atoms with E-state index in [4.69, 9.17) is 20.8 Å². The molecule has 0 fully saturated rings. The molecule has 1 heterocycles. The van der Waals surface area contributed by atoms with Crippen molar-refractivity contribution >= 4 is 17.5 Å². The first-order valence-electron chi connectivity index (χ1n) is 8.97. The molecule has 2 aromatic carbocycles. The van der Waals surface area contributed by atoms with E-state index in [9.17, 15) is 4.79 Å². The number of para-hydroxylation sites is 1. The number of likely N-dealkylation sites (N-methyl/N-ethyl adjacent to an activating group) is 1. The fraction of sp³-hybridized carbons (Fsp3) is 0.227. The fourth-order valence-electron chi connectivity index (χ4n) is 2.90. The molecule has 0 aliphatic heterocycles. The largest absolute Gasteiger partial charge is 0.496 e. The average Bonchev–Trinajstić information content (AvgIpc) is 3.15. The van der Waals surface area contributed by atoms with Crippen molar-refractivity contribution in [3.05, 3.63) is 77.0 Å². The molecule has 3 aromatic rings. The lowest BCUT2D eigenvalue weighted by atomic mass is 10.2. The van der Waals surface area contributed by atoms with Gasteiger partial charge in [0.15, 0.2) is 0 Å². The Balaban J connectivity index is 1.50. The molecule has 0 saturated heterocycles. The van der Waals surface area contributed by atoms with Crippen molar-refractivity contribution in [3.63, 3.8) is 0 Å². The summed E-state index contributed by atoms with van der Waals surface area (Å²) >= 11 is 5.92. The van der Waals surface area contributed by atoms with Crippen LogP contribution in [0.25, 0.3) is 11.3 Å². The number of benzene rings is 2. The van der Waals surface area contributed by atoms with Gasteiger partial charge in [0.25, 0.3) is 0 Å². The molecule has 0 aliphatic rings. The molecule has 28 heavy (non-hydrogen) atoms. The van der Waals surface area contributed by atoms with Crippen LogP contribution in [0.3, 0.4) is 0 Å². The van der Waals surface area contributed by atoms with Crippen molar-refractivity contribution in [2.24, 2.45) is 0 Å². The summed E-state index contributed by atoms with van der Waals surface area (Å²) in [6.45, 7) is 1.24. The van der Waals surface area contributed by atoms with Gasteiger partial charge < -0.3 is 14.5 Å². The molecule has 1 amide bonds. The second-order valence-electron chi connectivity index (χ2n) is 6.53. The first-order valence-corrected chi connectivity index (χ1v) is 9.34. The molecule has 0 aliphatic carbocycles. The molecule has 0 spiro atoms. The quantitative estimate of drug-likeness (QED) is 0.612. The van der Waals surface area contributed by atoms with Gasteiger partial charge in [-0.1, -0.05) is 29.8 Å². The highest BCUT2D eigenvalue weighted by molar-refractivity contribution is 6.30. The lowest BCUT2D eigenvalue weighted by Gasteiger charge is -2.15. The van der Waals surface area contributed by atoms with Gasteiger partial charge in [0.2, 0.25) is 5.91 Å². The predicted octanol–water partition coefficient (Wildman–Crippen LogP) is 4.36. The van der Waals surface area contributed by atoms with Crippen molar-refractivity contribution in [2.45, 2.75) is 13.1 Å². The number of carbonyl (C=O) groups is 1. The van der Waals surface area contributed by atoms with E-state index < -0.39 is 0 Å². The summed E-state index contributed by atoms with van der Waals surface area (Å²) in [6.07, 6.45) is 0. The molecular weight excluding hydrogens is 376 g/mol. The van der Waals surface area contributed by atoms with Crippen molar-refractivity contribution in [2.75, 3.05) is 20.7 Å². The Morgan fingerprint density at radius 2 is 1.86 bits per heavy atom. The number of hydrogen-bond acceptors (Lipinski definition) is 4. The maximum atomic E-state index is 12.2. The normalized spacial score (nSPS) is 10.9. The lowest BCUT2D eigenvalue weighted by molar-refractivity contribution is -0.122. The van der Waals surface area contributed by atoms with Gasteiger partial charge in [-0.15, -0.1) is 0 Å². The lowest BCUT2D eigenvalue weighted by Crippen LogP contribution is -2.34. The van der Waals surface area contributed by atoms with Gasteiger partial charge in [-0.2, -0.15) is 0 Å². The summed E-state index contributed by atoms with van der Waals surface area (Å²) in [4.78, 5) is 14.1. The third-order valence-electron chi connectivity index (χ3n) is 4.30. The minimum absolute atomic E-state index is 0.0575. The number of nitrogens with one attached hydrogen (secondary N) is 1. The van der Waals surface area contributed by atoms with Crippen LogP contribution in [0, 0.1) is 0 Å². The zero-order valence-corrected chi connectivity index (χ0v) is 16.7. The Morgan fingerprint density at radius 1 is 1.11 bits per heavy atom. The number of halogens is 1. The van der Waals surface area contributed by atoms with Crippen molar-refractivity contribution in [1.82, 2.24) is 10.2 Å². The van der Waals surface area contributed by atoms with E-state index in [1.165, 1.54) is 0 Å². The molecule has 5 nitrogen and oxygen atoms in total. The van der Waals surface area contributed by atoms with Gasteiger partial charge in [-0.05, 0) is 49.5 Å². The van der Waals surface area contributed by atoms with Crippen LogP contribution in [0.4, 0.5) is 0 Å². The first-order chi connectivity index (χ1) is 13.5. The Labute approximate surface area is 169 Å². The van der Waals surface area contributed by atoms with Gasteiger partial charge >= 0.3 is 0 Å². The van der Waals surface area contributed by atoms with Crippen LogP contribution >= 0.6 is 11.6 Å². The van der Waals surface area contributed by atoms with Crippen molar-refractivity contribution in [3.8, 4) is 17.1 Å². The predicted molar refractivity (Wildman–Crippen MR) is 110 cm³/mol. The smallest absolute Gasteiger partial charge is 0.234 e. The Morgan fingerprint density at radius 3 is 2.61 bits per heavy atom. The van der Waals surface area contributed by atoms with Gasteiger partial charge in [0.05, 0.1) is 20.2 Å². The highest BCUT2D eigenvalue weighted by Gasteiger charge is 2.11. The van der Waals surface area contributed by atoms with E-state index in [1.54, 1.807) is 7.11 Å². The summed E-state index contributed by atoms with van der Waals surface area (Å²) < 4.78 is 11.2. The van der Waals surface area contributed by atoms with Crippen LogP contribution in [-0.4, -0.2) is 31.5 Å². The number of amides is 1. The molecule has 3 rings (SSSR count). The summed E-state index contributed by atoms with van der Waals surface area (Å²) in [7, 11) is 3.50. The minimum Gasteiger partial charge on any atom is -0.496 e. The third kappa shape index (κ3) is 5.38. The molecule has 0 saturated carbocycles. The van der Waals surface area contributed by atoms with Crippen molar-refractivity contribution < 1.29 is 13.9 Å². The number of furan rings is 1. The van der Waals surface area contributed by atoms with Crippen LogP contribution in [-0.2, 0) is 17.9 Å². The van der Waals surface area contributed by atoms with Gasteiger partial charge in [0, 0.05) is 22.7 Å². The minimum atomic E-state index is -0.0575. The standard InChI is InChI=1S/C22H23ClN2O3/c1-25(15-22(26)24-13-17-5-3-4-6-20(17)27-2)14-19-11-12-21(28-19)16-7-9-18(23)10-8-16/h3-12H,13-15H2,1-2H3,(H,24,26). The first kappa shape index (κ1) is 20.0. The van der Waals surface area contributed by atoms with E-state index in [2.05, 4.69) is 5.32 Å². The maximum Gasteiger partial charge on any atom is 0.234 e. The van der Waals surface area contributed by atoms with E-state index in [0.29, 0.717) is 18.1 Å². The van der Waals surface area contributed by atoms with Crippen LogP contribution < -0.4 is 10.1 Å². The average molecular weight is 399 g/mol. The van der Waals surface area contributed by atoms with Gasteiger partial charge in [-0.25, -0.2) is 0 Å². The van der Waals surface area contributed by atoms with E-state index >= 15 is 0 Å². The number of rotatable bonds is 8. The van der Waals surface area contributed by atoms with E-state index in [0.717, 1.165) is 28.4 Å². The number of ether oxygens (including phenoxy) is 1. The van der Waals surface area contributed by atoms with Crippen molar-refractivity contribution in [1.29, 1.82) is 0 Å². The summed E-state index contributed by atoms with van der Waals surface area (Å²) in [5.41, 5.74) is 1.91. The Hall–Kier alpha value is -2.76. The molecule has 1 N–H and O–H groups in total. The van der Waals surface area contributed by atoms with Crippen LogP contribution in [0.5, 0.6) is 5.75 Å². The van der Waals surface area contributed by atoms with Crippen LogP contribution in [0.15, 0.2) is 65.1 Å². The zero-order valence-electron chi connectivity index (χ0n) is 15.9. The van der Waals surface area contributed by atoms with E-state index in [-0.39, 0.29) is 12.5 Å². The maximum absolute atomic E-state index is 12.2. The summed E-state index contributed by atoms with van der Waals surface area (Å²) in [5, 5.41) is 3.61. The van der Waals surface area contributed by atoms with Gasteiger partial charge in [-0.3, -0.25) is 9.69 Å². The number of carbonyl (C=O) groups excluding carboxylic acids is 1. The zero-order chi connectivity index (χ0) is 19.9. The molecule has 0 atom stereocenters. The second kappa shape index (κ2) is 9.44. The summed E-state index contributed by atoms with van der Waals surface area (Å²) in [5.74, 6) is 2.28. The number of methoxy groups -OCH3 is 1. The number of hydrogen-bond donors (Lipinski definition) is 1. The molecule has 0 unspecified atom stereocenters. The van der Waals surface area contributed by atoms with E-state index in [1.807, 2.05) is 72.6 Å². The fourth-order valence-corrected chi connectivity index (χ4v) is 3.02. The SMILES string of the molecule is COc1ccccc1CNC(=O)CN(C)Cc1ccc(-c2ccc(Cl)cc2)o1. The Bertz CT molecular complexity index is 922.